The van der Waals surface area contributed by atoms with E-state index in [-0.39, 0.29) is 22.8 Å². The van der Waals surface area contributed by atoms with Gasteiger partial charge in [0.15, 0.2) is 8.32 Å². The van der Waals surface area contributed by atoms with Crippen LogP contribution in [-0.4, -0.2) is 40.1 Å². The monoisotopic (exact) mass is 303 g/mol. The van der Waals surface area contributed by atoms with E-state index in [9.17, 15) is 4.79 Å². The van der Waals surface area contributed by atoms with Crippen molar-refractivity contribution in [1.29, 1.82) is 0 Å². The van der Waals surface area contributed by atoms with E-state index in [2.05, 4.69) is 40.8 Å². The zero-order valence-electron chi connectivity index (χ0n) is 14.7. The first kappa shape index (κ1) is 19.6. The van der Waals surface area contributed by atoms with Crippen molar-refractivity contribution < 1.29 is 14.1 Å². The van der Waals surface area contributed by atoms with Crippen molar-refractivity contribution in [2.45, 2.75) is 59.2 Å². The minimum atomic E-state index is -1.68. The number of carbonyl (C=O) groups is 1. The maximum absolute atomic E-state index is 12.0. The van der Waals surface area contributed by atoms with E-state index in [1.807, 2.05) is 6.92 Å². The molecule has 0 aliphatic carbocycles. The summed E-state index contributed by atoms with van der Waals surface area (Å²) in [6, 6.07) is 0. The molecule has 0 aromatic heterocycles. The standard InChI is InChI=1S/C15H33NO3Si/c1-12(13(2)14(17)16(6)18-7)10-11-19-20(8,9)15(3,4)5/h12-13H,10-11H2,1-9H3/t12-,13-/m0/s1. The van der Waals surface area contributed by atoms with Crippen molar-refractivity contribution >= 4 is 14.2 Å². The third-order valence-corrected chi connectivity index (χ3v) is 9.21. The topological polar surface area (TPSA) is 38.8 Å². The van der Waals surface area contributed by atoms with Crippen molar-refractivity contribution in [3.63, 3.8) is 0 Å². The van der Waals surface area contributed by atoms with Crippen LogP contribution in [-0.2, 0) is 14.1 Å². The first-order valence-electron chi connectivity index (χ1n) is 7.39. The summed E-state index contributed by atoms with van der Waals surface area (Å²) in [6.07, 6.45) is 0.900. The summed E-state index contributed by atoms with van der Waals surface area (Å²) in [5, 5.41) is 1.53. The Hall–Kier alpha value is -0.393. The number of carbonyl (C=O) groups excluding carboxylic acids is 1. The Morgan fingerprint density at radius 3 is 2.15 bits per heavy atom. The number of amides is 1. The van der Waals surface area contributed by atoms with Gasteiger partial charge in [-0.15, -0.1) is 0 Å². The summed E-state index contributed by atoms with van der Waals surface area (Å²) in [5.74, 6) is 0.250. The van der Waals surface area contributed by atoms with Gasteiger partial charge >= 0.3 is 0 Å². The minimum Gasteiger partial charge on any atom is -0.417 e. The van der Waals surface area contributed by atoms with Crippen LogP contribution in [0.5, 0.6) is 0 Å². The highest BCUT2D eigenvalue weighted by molar-refractivity contribution is 6.74. The Morgan fingerprint density at radius 2 is 1.75 bits per heavy atom. The van der Waals surface area contributed by atoms with E-state index in [0.29, 0.717) is 0 Å². The van der Waals surface area contributed by atoms with Gasteiger partial charge in [-0.25, -0.2) is 5.06 Å². The average molecular weight is 304 g/mol. The van der Waals surface area contributed by atoms with Gasteiger partial charge in [-0.1, -0.05) is 34.6 Å². The highest BCUT2D eigenvalue weighted by Crippen LogP contribution is 2.36. The van der Waals surface area contributed by atoms with Crippen molar-refractivity contribution in [1.82, 2.24) is 5.06 Å². The smallest absolute Gasteiger partial charge is 0.248 e. The van der Waals surface area contributed by atoms with Gasteiger partial charge in [0.25, 0.3) is 0 Å². The molecule has 0 heterocycles. The fraction of sp³-hybridized carbons (Fsp3) is 0.933. The van der Waals surface area contributed by atoms with Crippen LogP contribution in [0.2, 0.25) is 18.1 Å². The number of rotatable bonds is 7. The van der Waals surface area contributed by atoms with Gasteiger partial charge in [0.05, 0.1) is 7.11 Å². The summed E-state index contributed by atoms with van der Waals surface area (Å²) >= 11 is 0. The third kappa shape index (κ3) is 5.54. The second-order valence-corrected chi connectivity index (χ2v) is 12.0. The molecule has 0 aliphatic rings. The summed E-state index contributed by atoms with van der Waals surface area (Å²) in [4.78, 5) is 16.9. The number of hydrogen-bond acceptors (Lipinski definition) is 3. The van der Waals surface area contributed by atoms with Crippen LogP contribution in [0.15, 0.2) is 0 Å². The van der Waals surface area contributed by atoms with E-state index >= 15 is 0 Å². The zero-order valence-corrected chi connectivity index (χ0v) is 15.7. The van der Waals surface area contributed by atoms with Gasteiger partial charge in [0.1, 0.15) is 0 Å². The van der Waals surface area contributed by atoms with Crippen molar-refractivity contribution in [2.24, 2.45) is 11.8 Å². The average Bonchev–Trinajstić information content (AvgIpc) is 2.34. The molecule has 0 bridgehead atoms. The van der Waals surface area contributed by atoms with Crippen LogP contribution in [0.1, 0.15) is 41.0 Å². The molecule has 0 fully saturated rings. The summed E-state index contributed by atoms with van der Waals surface area (Å²) in [5.41, 5.74) is 0. The highest BCUT2D eigenvalue weighted by atomic mass is 28.4. The van der Waals surface area contributed by atoms with E-state index in [1.54, 1.807) is 7.05 Å². The van der Waals surface area contributed by atoms with Gasteiger partial charge in [-0.3, -0.25) is 9.63 Å². The SMILES string of the molecule is CON(C)C(=O)[C@@H](C)[C@@H](C)CCO[Si](C)(C)C(C)(C)C. The molecule has 0 rings (SSSR count). The molecule has 5 heteroatoms. The molecule has 0 saturated heterocycles. The van der Waals surface area contributed by atoms with E-state index in [0.717, 1.165) is 13.0 Å². The van der Waals surface area contributed by atoms with Crippen LogP contribution in [0.25, 0.3) is 0 Å². The minimum absolute atomic E-state index is 0.0207. The first-order valence-corrected chi connectivity index (χ1v) is 10.3. The van der Waals surface area contributed by atoms with E-state index < -0.39 is 8.32 Å². The Kier molecular flexibility index (Phi) is 7.42. The van der Waals surface area contributed by atoms with E-state index in [1.165, 1.54) is 12.2 Å². The summed E-state index contributed by atoms with van der Waals surface area (Å²) in [7, 11) is 1.48. The highest BCUT2D eigenvalue weighted by Gasteiger charge is 2.37. The molecule has 4 nitrogen and oxygen atoms in total. The lowest BCUT2D eigenvalue weighted by Crippen LogP contribution is -2.41. The predicted octanol–water partition coefficient (Wildman–Crippen LogP) is 3.69. The predicted molar refractivity (Wildman–Crippen MR) is 85.9 cm³/mol. The fourth-order valence-corrected chi connectivity index (χ4v) is 2.65. The molecule has 0 aromatic carbocycles. The first-order chi connectivity index (χ1) is 8.94. The second-order valence-electron chi connectivity index (χ2n) is 7.18. The Balaban J connectivity index is 4.30. The largest absolute Gasteiger partial charge is 0.417 e. The maximum atomic E-state index is 12.0. The van der Waals surface area contributed by atoms with Crippen molar-refractivity contribution in [3.05, 3.63) is 0 Å². The molecule has 0 saturated carbocycles. The van der Waals surface area contributed by atoms with Crippen LogP contribution >= 0.6 is 0 Å². The second kappa shape index (κ2) is 7.57. The van der Waals surface area contributed by atoms with E-state index in [4.69, 9.17) is 9.26 Å². The van der Waals surface area contributed by atoms with Crippen LogP contribution < -0.4 is 0 Å². The van der Waals surface area contributed by atoms with Gasteiger partial charge in [0, 0.05) is 19.6 Å². The lowest BCUT2D eigenvalue weighted by molar-refractivity contribution is -0.174. The number of nitrogens with zero attached hydrogens (tertiary/aromatic N) is 1. The molecule has 0 aromatic rings. The molecule has 120 valence electrons. The van der Waals surface area contributed by atoms with Crippen LogP contribution in [0.4, 0.5) is 0 Å². The molecule has 20 heavy (non-hydrogen) atoms. The van der Waals surface area contributed by atoms with Gasteiger partial charge in [-0.05, 0) is 30.5 Å². The Morgan fingerprint density at radius 1 is 1.25 bits per heavy atom. The van der Waals surface area contributed by atoms with Gasteiger partial charge < -0.3 is 4.43 Å². The van der Waals surface area contributed by atoms with Crippen LogP contribution in [0, 0.1) is 11.8 Å². The quantitative estimate of drug-likeness (QED) is 0.532. The molecule has 0 spiro atoms. The number of hydroxylamine groups is 2. The molecule has 1 amide bonds. The zero-order chi connectivity index (χ0) is 16.1. The fourth-order valence-electron chi connectivity index (χ4n) is 1.59. The third-order valence-electron chi connectivity index (χ3n) is 4.67. The van der Waals surface area contributed by atoms with Gasteiger partial charge in [0.2, 0.25) is 5.91 Å². The number of hydrogen-bond donors (Lipinski definition) is 0. The van der Waals surface area contributed by atoms with Crippen molar-refractivity contribution in [2.75, 3.05) is 20.8 Å². The molecule has 0 N–H and O–H groups in total. The lowest BCUT2D eigenvalue weighted by atomic mass is 9.92. The summed E-state index contributed by atoms with van der Waals surface area (Å²) < 4.78 is 6.16. The van der Waals surface area contributed by atoms with Gasteiger partial charge in [-0.2, -0.15) is 0 Å². The molecule has 0 aliphatic heterocycles. The van der Waals surface area contributed by atoms with Crippen molar-refractivity contribution in [3.8, 4) is 0 Å². The normalized spacial score (nSPS) is 15.8. The molecule has 0 radical (unpaired) electrons. The molecule has 0 unspecified atom stereocenters. The molecular weight excluding hydrogens is 270 g/mol. The lowest BCUT2D eigenvalue weighted by Gasteiger charge is -2.36. The maximum Gasteiger partial charge on any atom is 0.248 e. The summed E-state index contributed by atoms with van der Waals surface area (Å²) in [6.45, 7) is 16.0. The molecular formula is C15H33NO3Si. The van der Waals surface area contributed by atoms with Crippen LogP contribution in [0.3, 0.4) is 0 Å². The Bertz CT molecular complexity index is 313. The molecule has 2 atom stereocenters. The Labute approximate surface area is 125 Å².